The van der Waals surface area contributed by atoms with Gasteiger partial charge < -0.3 is 5.32 Å². The van der Waals surface area contributed by atoms with E-state index >= 15 is 0 Å². The molecule has 0 amide bonds. The smallest absolute Gasteiger partial charge is 0.0343 e. The van der Waals surface area contributed by atoms with Crippen molar-refractivity contribution >= 4 is 27.3 Å². The maximum absolute atomic E-state index is 3.86. The number of rotatable bonds is 4. The molecule has 0 spiro atoms. The van der Waals surface area contributed by atoms with Crippen molar-refractivity contribution in [2.24, 2.45) is 11.8 Å². The number of hydrogen-bond donors (Lipinski definition) is 1. The molecule has 2 nitrogen and oxygen atoms in total. The van der Waals surface area contributed by atoms with E-state index in [2.05, 4.69) is 58.4 Å². The van der Waals surface area contributed by atoms with Crippen molar-refractivity contribution in [1.82, 2.24) is 10.2 Å². The van der Waals surface area contributed by atoms with Gasteiger partial charge in [-0.3, -0.25) is 4.90 Å². The Bertz CT molecular complexity index is 469. The van der Waals surface area contributed by atoms with E-state index in [-0.39, 0.29) is 0 Å². The van der Waals surface area contributed by atoms with Gasteiger partial charge in [-0.05, 0) is 59.0 Å². The molecule has 1 saturated heterocycles. The average molecular weight is 357 g/mol. The quantitative estimate of drug-likeness (QED) is 0.873. The molecule has 0 aromatic carbocycles. The van der Waals surface area contributed by atoms with Gasteiger partial charge in [-0.25, -0.2) is 0 Å². The molecule has 2 fully saturated rings. The minimum atomic E-state index is 0.328. The van der Waals surface area contributed by atoms with Crippen molar-refractivity contribution in [3.63, 3.8) is 0 Å². The fraction of sp³-hybridized carbons (Fsp3) is 0.750. The molecule has 1 aliphatic carbocycles. The molecule has 4 heteroatoms. The third kappa shape index (κ3) is 2.99. The molecule has 2 atom stereocenters. The van der Waals surface area contributed by atoms with Crippen molar-refractivity contribution in [1.29, 1.82) is 0 Å². The second-order valence-electron chi connectivity index (χ2n) is 6.98. The Labute approximate surface area is 135 Å². The standard InChI is InChI=1S/C16H25BrN2S/c1-11(2)14-8-18-16(3,12-4-5-12)10-19(14)9-15-13(17)6-7-20-15/h6-7,11-12,14,18H,4-5,8-10H2,1-3H3. The van der Waals surface area contributed by atoms with Crippen LogP contribution in [-0.4, -0.2) is 29.6 Å². The van der Waals surface area contributed by atoms with Crippen LogP contribution in [0.25, 0.3) is 0 Å². The van der Waals surface area contributed by atoms with E-state index < -0.39 is 0 Å². The van der Waals surface area contributed by atoms with Crippen LogP contribution in [0.15, 0.2) is 15.9 Å². The third-order valence-corrected chi connectivity index (χ3v) is 6.91. The largest absolute Gasteiger partial charge is 0.308 e. The number of hydrogen-bond acceptors (Lipinski definition) is 3. The number of thiophene rings is 1. The number of nitrogens with zero attached hydrogens (tertiary/aromatic N) is 1. The number of nitrogens with one attached hydrogen (secondary N) is 1. The molecule has 0 radical (unpaired) electrons. The number of halogens is 1. The normalized spacial score (nSPS) is 31.9. The molecule has 3 rings (SSSR count). The molecule has 2 heterocycles. The summed E-state index contributed by atoms with van der Waals surface area (Å²) < 4.78 is 1.27. The summed E-state index contributed by atoms with van der Waals surface area (Å²) in [6.45, 7) is 10.5. The van der Waals surface area contributed by atoms with Crippen LogP contribution in [0, 0.1) is 11.8 Å². The van der Waals surface area contributed by atoms with Crippen LogP contribution in [0.2, 0.25) is 0 Å². The van der Waals surface area contributed by atoms with Crippen molar-refractivity contribution < 1.29 is 0 Å². The van der Waals surface area contributed by atoms with Gasteiger partial charge in [-0.2, -0.15) is 0 Å². The zero-order chi connectivity index (χ0) is 14.3. The van der Waals surface area contributed by atoms with E-state index in [1.54, 1.807) is 0 Å². The summed E-state index contributed by atoms with van der Waals surface area (Å²) >= 11 is 5.56. The average Bonchev–Trinajstić information content (AvgIpc) is 3.16. The van der Waals surface area contributed by atoms with Crippen molar-refractivity contribution in [3.8, 4) is 0 Å². The zero-order valence-corrected chi connectivity index (χ0v) is 15.1. The van der Waals surface area contributed by atoms with E-state index in [0.29, 0.717) is 17.5 Å². The van der Waals surface area contributed by atoms with E-state index in [4.69, 9.17) is 0 Å². The molecule has 20 heavy (non-hydrogen) atoms. The van der Waals surface area contributed by atoms with E-state index in [0.717, 1.165) is 19.0 Å². The Kier molecular flexibility index (Phi) is 4.29. The predicted octanol–water partition coefficient (Wildman–Crippen LogP) is 4.11. The first-order chi connectivity index (χ1) is 9.49. The SMILES string of the molecule is CC(C)C1CNC(C)(C2CC2)CN1Cc1sccc1Br. The summed E-state index contributed by atoms with van der Waals surface area (Å²) in [6.07, 6.45) is 2.82. The minimum Gasteiger partial charge on any atom is -0.308 e. The lowest BCUT2D eigenvalue weighted by molar-refractivity contribution is 0.0469. The Hall–Kier alpha value is 0.100. The molecule has 1 N–H and O–H groups in total. The molecule has 1 saturated carbocycles. The highest BCUT2D eigenvalue weighted by atomic mass is 79.9. The highest BCUT2D eigenvalue weighted by Gasteiger charge is 2.46. The zero-order valence-electron chi connectivity index (χ0n) is 12.7. The molecular formula is C16H25BrN2S. The molecular weight excluding hydrogens is 332 g/mol. The van der Waals surface area contributed by atoms with Gasteiger partial charge in [-0.1, -0.05) is 13.8 Å². The van der Waals surface area contributed by atoms with Gasteiger partial charge in [0.05, 0.1) is 0 Å². The van der Waals surface area contributed by atoms with Crippen LogP contribution in [0.1, 0.15) is 38.5 Å². The molecule has 2 aliphatic rings. The molecule has 2 unspecified atom stereocenters. The van der Waals surface area contributed by atoms with E-state index in [1.165, 1.54) is 28.7 Å². The van der Waals surface area contributed by atoms with Crippen LogP contribution in [-0.2, 0) is 6.54 Å². The summed E-state index contributed by atoms with van der Waals surface area (Å²) in [5, 5.41) is 6.05. The summed E-state index contributed by atoms with van der Waals surface area (Å²) in [5.41, 5.74) is 0.328. The molecule has 1 aromatic rings. The van der Waals surface area contributed by atoms with Crippen molar-refractivity contribution in [3.05, 3.63) is 20.8 Å². The lowest BCUT2D eigenvalue weighted by atomic mass is 9.88. The number of piperazine rings is 1. The topological polar surface area (TPSA) is 15.3 Å². The highest BCUT2D eigenvalue weighted by Crippen LogP contribution is 2.42. The van der Waals surface area contributed by atoms with Gasteiger partial charge in [0.2, 0.25) is 0 Å². The maximum atomic E-state index is 3.86. The second kappa shape index (κ2) is 5.71. The van der Waals surface area contributed by atoms with Crippen LogP contribution in [0.4, 0.5) is 0 Å². The van der Waals surface area contributed by atoms with Crippen molar-refractivity contribution in [2.75, 3.05) is 13.1 Å². The van der Waals surface area contributed by atoms with E-state index in [9.17, 15) is 0 Å². The predicted molar refractivity (Wildman–Crippen MR) is 90.2 cm³/mol. The fourth-order valence-corrected chi connectivity index (χ4v) is 5.01. The van der Waals surface area contributed by atoms with Gasteiger partial charge in [-0.15, -0.1) is 11.3 Å². The van der Waals surface area contributed by atoms with Gasteiger partial charge in [0.1, 0.15) is 0 Å². The summed E-state index contributed by atoms with van der Waals surface area (Å²) in [4.78, 5) is 4.19. The van der Waals surface area contributed by atoms with Crippen LogP contribution >= 0.6 is 27.3 Å². The lowest BCUT2D eigenvalue weighted by Crippen LogP contribution is -2.64. The Balaban J connectivity index is 1.77. The Morgan fingerprint density at radius 1 is 1.50 bits per heavy atom. The second-order valence-corrected chi connectivity index (χ2v) is 8.84. The van der Waals surface area contributed by atoms with E-state index in [1.807, 2.05) is 11.3 Å². The molecule has 1 aliphatic heterocycles. The van der Waals surface area contributed by atoms with Crippen molar-refractivity contribution in [2.45, 2.75) is 51.7 Å². The first-order valence-electron chi connectivity index (χ1n) is 7.70. The first kappa shape index (κ1) is 15.0. The van der Waals surface area contributed by atoms with Gasteiger partial charge in [0.15, 0.2) is 0 Å². The van der Waals surface area contributed by atoms with Gasteiger partial charge in [0, 0.05) is 40.6 Å². The lowest BCUT2D eigenvalue weighted by Gasteiger charge is -2.48. The fourth-order valence-electron chi connectivity index (χ4n) is 3.51. The minimum absolute atomic E-state index is 0.328. The van der Waals surface area contributed by atoms with Crippen LogP contribution in [0.5, 0.6) is 0 Å². The molecule has 0 bridgehead atoms. The first-order valence-corrected chi connectivity index (χ1v) is 9.38. The third-order valence-electron chi connectivity index (χ3n) is 5.00. The summed E-state index contributed by atoms with van der Waals surface area (Å²) in [7, 11) is 0. The highest BCUT2D eigenvalue weighted by molar-refractivity contribution is 9.10. The Morgan fingerprint density at radius 3 is 2.80 bits per heavy atom. The molecule has 112 valence electrons. The monoisotopic (exact) mass is 356 g/mol. The van der Waals surface area contributed by atoms with Gasteiger partial charge >= 0.3 is 0 Å². The van der Waals surface area contributed by atoms with Gasteiger partial charge in [0.25, 0.3) is 0 Å². The van der Waals surface area contributed by atoms with Crippen LogP contribution in [0.3, 0.4) is 0 Å². The summed E-state index contributed by atoms with van der Waals surface area (Å²) in [5.74, 6) is 1.59. The van der Waals surface area contributed by atoms with Crippen LogP contribution < -0.4 is 5.32 Å². The Morgan fingerprint density at radius 2 is 2.25 bits per heavy atom. The maximum Gasteiger partial charge on any atom is 0.0343 e. The molecule has 1 aromatic heterocycles. The summed E-state index contributed by atoms with van der Waals surface area (Å²) in [6, 6.07) is 2.82.